The normalized spacial score (nSPS) is 24.6. The van der Waals surface area contributed by atoms with E-state index in [9.17, 15) is 14.7 Å². The summed E-state index contributed by atoms with van der Waals surface area (Å²) < 4.78 is 0. The van der Waals surface area contributed by atoms with Crippen molar-refractivity contribution in [2.45, 2.75) is 32.2 Å². The number of anilines is 1. The second kappa shape index (κ2) is 5.76. The molecule has 1 amide bonds. The molecule has 0 saturated heterocycles. The molecule has 1 aromatic rings. The molecule has 1 saturated carbocycles. The van der Waals surface area contributed by atoms with Crippen LogP contribution >= 0.6 is 0 Å². The summed E-state index contributed by atoms with van der Waals surface area (Å²) in [5, 5.41) is 12.2. The van der Waals surface area contributed by atoms with Gasteiger partial charge in [-0.1, -0.05) is 6.42 Å². The number of aliphatic carboxylic acids is 1. The quantitative estimate of drug-likeness (QED) is 0.891. The van der Waals surface area contributed by atoms with Gasteiger partial charge in [0.05, 0.1) is 5.41 Å². The van der Waals surface area contributed by atoms with Gasteiger partial charge < -0.3 is 15.3 Å². The number of carboxylic acid groups (broad SMARTS) is 1. The van der Waals surface area contributed by atoms with Gasteiger partial charge in [-0.3, -0.25) is 9.59 Å². The maximum absolute atomic E-state index is 12.3. The van der Waals surface area contributed by atoms with Crippen LogP contribution in [0.5, 0.6) is 0 Å². The van der Waals surface area contributed by atoms with Crippen molar-refractivity contribution in [1.82, 2.24) is 5.32 Å². The third-order valence-electron chi connectivity index (χ3n) is 4.40. The summed E-state index contributed by atoms with van der Waals surface area (Å²) in [4.78, 5) is 25.6. The maximum atomic E-state index is 12.3. The van der Waals surface area contributed by atoms with E-state index >= 15 is 0 Å². The summed E-state index contributed by atoms with van der Waals surface area (Å²) in [6, 6.07) is 6.96. The summed E-state index contributed by atoms with van der Waals surface area (Å²) in [6.45, 7) is 1.71. The molecule has 1 aliphatic rings. The Kier molecular flexibility index (Phi) is 4.21. The molecular weight excluding hydrogens is 268 g/mol. The first kappa shape index (κ1) is 15.4. The van der Waals surface area contributed by atoms with Crippen LogP contribution in [0.25, 0.3) is 0 Å². The van der Waals surface area contributed by atoms with Crippen LogP contribution in [0.4, 0.5) is 5.69 Å². The van der Waals surface area contributed by atoms with Crippen molar-refractivity contribution < 1.29 is 14.7 Å². The maximum Gasteiger partial charge on any atom is 0.311 e. The Balaban J connectivity index is 2.09. The van der Waals surface area contributed by atoms with Gasteiger partial charge in [0.25, 0.3) is 5.91 Å². The van der Waals surface area contributed by atoms with Crippen LogP contribution in [0.1, 0.15) is 36.5 Å². The lowest BCUT2D eigenvalue weighted by molar-refractivity contribution is -0.148. The van der Waals surface area contributed by atoms with Crippen molar-refractivity contribution >= 4 is 17.6 Å². The second-order valence-corrected chi connectivity index (χ2v) is 6.08. The van der Waals surface area contributed by atoms with Crippen LogP contribution in [0.2, 0.25) is 0 Å². The molecule has 1 fully saturated rings. The number of nitrogens with one attached hydrogen (secondary N) is 1. The fraction of sp³-hybridized carbons (Fsp3) is 0.500. The third-order valence-corrected chi connectivity index (χ3v) is 4.40. The van der Waals surface area contributed by atoms with Gasteiger partial charge in [-0.2, -0.15) is 0 Å². The zero-order chi connectivity index (χ0) is 15.6. The number of hydrogen-bond donors (Lipinski definition) is 2. The van der Waals surface area contributed by atoms with E-state index in [0.29, 0.717) is 18.4 Å². The molecule has 0 heterocycles. The predicted octanol–water partition coefficient (Wildman–Crippen LogP) is 2.13. The minimum atomic E-state index is -0.862. The lowest BCUT2D eigenvalue weighted by Crippen LogP contribution is -2.47. The lowest BCUT2D eigenvalue weighted by Gasteiger charge is -2.27. The SMILES string of the molecule is CN(C)c1ccc(C(=O)NC2CCCC2(C)C(=O)O)cc1. The summed E-state index contributed by atoms with van der Waals surface area (Å²) in [7, 11) is 3.87. The first-order valence-electron chi connectivity index (χ1n) is 7.16. The molecule has 0 radical (unpaired) electrons. The Hall–Kier alpha value is -2.04. The molecule has 0 aromatic heterocycles. The minimum Gasteiger partial charge on any atom is -0.481 e. The molecule has 5 nitrogen and oxygen atoms in total. The summed E-state index contributed by atoms with van der Waals surface area (Å²) in [5.41, 5.74) is 0.710. The molecule has 0 aliphatic heterocycles. The zero-order valence-electron chi connectivity index (χ0n) is 12.7. The Morgan fingerprint density at radius 3 is 2.43 bits per heavy atom. The van der Waals surface area contributed by atoms with E-state index in [1.54, 1.807) is 19.1 Å². The van der Waals surface area contributed by atoms with E-state index in [0.717, 1.165) is 12.1 Å². The lowest BCUT2D eigenvalue weighted by atomic mass is 9.85. The number of hydrogen-bond acceptors (Lipinski definition) is 3. The Morgan fingerprint density at radius 1 is 1.29 bits per heavy atom. The van der Waals surface area contributed by atoms with Crippen molar-refractivity contribution in [2.24, 2.45) is 5.41 Å². The average Bonchev–Trinajstić information content (AvgIpc) is 2.81. The topological polar surface area (TPSA) is 69.6 Å². The zero-order valence-corrected chi connectivity index (χ0v) is 12.7. The van der Waals surface area contributed by atoms with Gasteiger partial charge in [-0.15, -0.1) is 0 Å². The molecule has 2 atom stereocenters. The van der Waals surface area contributed by atoms with Gasteiger partial charge in [0.1, 0.15) is 0 Å². The number of carbonyl (C=O) groups is 2. The van der Waals surface area contributed by atoms with Crippen LogP contribution in [0, 0.1) is 5.41 Å². The molecular formula is C16H22N2O3. The van der Waals surface area contributed by atoms with Crippen molar-refractivity contribution in [2.75, 3.05) is 19.0 Å². The van der Waals surface area contributed by atoms with Crippen LogP contribution in [-0.2, 0) is 4.79 Å². The molecule has 1 aromatic carbocycles. The van der Waals surface area contributed by atoms with Gasteiger partial charge >= 0.3 is 5.97 Å². The monoisotopic (exact) mass is 290 g/mol. The molecule has 0 bridgehead atoms. The minimum absolute atomic E-state index is 0.209. The van der Waals surface area contributed by atoms with E-state index in [2.05, 4.69) is 5.32 Å². The molecule has 5 heteroatoms. The highest BCUT2D eigenvalue weighted by Gasteiger charge is 2.45. The molecule has 1 aliphatic carbocycles. The highest BCUT2D eigenvalue weighted by atomic mass is 16.4. The molecule has 2 rings (SSSR count). The van der Waals surface area contributed by atoms with Gasteiger partial charge in [-0.25, -0.2) is 0 Å². The van der Waals surface area contributed by atoms with E-state index in [-0.39, 0.29) is 11.9 Å². The molecule has 21 heavy (non-hydrogen) atoms. The van der Waals surface area contributed by atoms with E-state index < -0.39 is 11.4 Å². The molecule has 0 spiro atoms. The van der Waals surface area contributed by atoms with Gasteiger partial charge in [0.2, 0.25) is 0 Å². The number of benzene rings is 1. The second-order valence-electron chi connectivity index (χ2n) is 6.08. The summed E-state index contributed by atoms with van der Waals surface area (Å²) >= 11 is 0. The number of carboxylic acids is 1. The average molecular weight is 290 g/mol. The fourth-order valence-corrected chi connectivity index (χ4v) is 2.81. The highest BCUT2D eigenvalue weighted by Crippen LogP contribution is 2.38. The Morgan fingerprint density at radius 2 is 1.90 bits per heavy atom. The van der Waals surface area contributed by atoms with E-state index in [1.807, 2.05) is 31.1 Å². The van der Waals surface area contributed by atoms with Crippen LogP contribution in [0.3, 0.4) is 0 Å². The third kappa shape index (κ3) is 3.01. The van der Waals surface area contributed by atoms with Gasteiger partial charge in [-0.05, 0) is 44.0 Å². The number of amides is 1. The molecule has 2 unspecified atom stereocenters. The number of carbonyl (C=O) groups excluding carboxylic acids is 1. The Bertz CT molecular complexity index is 539. The van der Waals surface area contributed by atoms with Crippen molar-refractivity contribution in [1.29, 1.82) is 0 Å². The summed E-state index contributed by atoms with van der Waals surface area (Å²) in [6.07, 6.45) is 2.14. The molecule has 2 N–H and O–H groups in total. The van der Waals surface area contributed by atoms with Gasteiger partial charge in [0, 0.05) is 31.4 Å². The smallest absolute Gasteiger partial charge is 0.311 e. The summed E-state index contributed by atoms with van der Waals surface area (Å²) in [5.74, 6) is -1.05. The first-order valence-corrected chi connectivity index (χ1v) is 7.16. The Labute approximate surface area is 125 Å². The van der Waals surface area contributed by atoms with Crippen LogP contribution in [0.15, 0.2) is 24.3 Å². The first-order chi connectivity index (χ1) is 9.84. The number of nitrogens with zero attached hydrogens (tertiary/aromatic N) is 1. The van der Waals surface area contributed by atoms with Crippen molar-refractivity contribution in [3.05, 3.63) is 29.8 Å². The van der Waals surface area contributed by atoms with Crippen molar-refractivity contribution in [3.63, 3.8) is 0 Å². The van der Waals surface area contributed by atoms with Crippen molar-refractivity contribution in [3.8, 4) is 0 Å². The largest absolute Gasteiger partial charge is 0.481 e. The van der Waals surface area contributed by atoms with Crippen LogP contribution in [-0.4, -0.2) is 37.1 Å². The fourth-order valence-electron chi connectivity index (χ4n) is 2.81. The van der Waals surface area contributed by atoms with Crippen LogP contribution < -0.4 is 10.2 Å². The van der Waals surface area contributed by atoms with E-state index in [1.165, 1.54) is 0 Å². The van der Waals surface area contributed by atoms with Gasteiger partial charge in [0.15, 0.2) is 0 Å². The predicted molar refractivity (Wildman–Crippen MR) is 81.6 cm³/mol. The molecule has 114 valence electrons. The van der Waals surface area contributed by atoms with E-state index in [4.69, 9.17) is 0 Å². The standard InChI is InChI=1S/C16H22N2O3/c1-16(15(20)21)10-4-5-13(16)17-14(19)11-6-8-12(9-7-11)18(2)3/h6-9,13H,4-5,10H2,1-3H3,(H,17,19)(H,20,21). The highest BCUT2D eigenvalue weighted by molar-refractivity contribution is 5.95. The number of rotatable bonds is 4.